The number of amides is 1. The molecule has 0 radical (unpaired) electrons. The standard InChI is InChI=1S/C35H29N3O4/c1-2-21-42-24-16-14-23(15-17-24)31(39)29-30(32(40)28-13-7-8-19-36-28)38-20-18-22-9-3-4-10-25(22)33(38)35(29)26-11-5-6-12-27(26)37-34(35)41/h3-20,29-30,33H,2,21H2,1H3,(H,37,41)/t29-,30-,33+,35+/m0/s1. The molecule has 0 bridgehead atoms. The average molecular weight is 556 g/mol. The van der Waals surface area contributed by atoms with Gasteiger partial charge in [0, 0.05) is 23.6 Å². The van der Waals surface area contributed by atoms with Crippen LogP contribution in [0.3, 0.4) is 0 Å². The maximum absolute atomic E-state index is 14.8. The fourth-order valence-electron chi connectivity index (χ4n) is 6.94. The Morgan fingerprint density at radius 2 is 1.69 bits per heavy atom. The highest BCUT2D eigenvalue weighted by atomic mass is 16.5. The third-order valence-corrected chi connectivity index (χ3v) is 8.65. The molecule has 1 spiro atoms. The van der Waals surface area contributed by atoms with Crippen LogP contribution in [0.4, 0.5) is 5.69 Å². The van der Waals surface area contributed by atoms with E-state index in [0.717, 1.165) is 17.5 Å². The summed E-state index contributed by atoms with van der Waals surface area (Å²) in [4.78, 5) is 50.1. The molecular weight excluding hydrogens is 526 g/mol. The van der Waals surface area contributed by atoms with Crippen LogP contribution in [0.25, 0.3) is 6.08 Å². The molecule has 3 aromatic carbocycles. The lowest BCUT2D eigenvalue weighted by Gasteiger charge is -2.38. The van der Waals surface area contributed by atoms with Crippen LogP contribution in [0, 0.1) is 5.92 Å². The lowest BCUT2D eigenvalue weighted by atomic mass is 9.62. The first-order valence-electron chi connectivity index (χ1n) is 14.2. The number of para-hydroxylation sites is 1. The number of nitrogens with zero attached hydrogens (tertiary/aromatic N) is 2. The minimum Gasteiger partial charge on any atom is -0.494 e. The van der Waals surface area contributed by atoms with Crippen molar-refractivity contribution in [3.63, 3.8) is 0 Å². The second-order valence-electron chi connectivity index (χ2n) is 10.9. The molecular formula is C35H29N3O4. The summed E-state index contributed by atoms with van der Waals surface area (Å²) in [6, 6.07) is 25.9. The molecule has 0 unspecified atom stereocenters. The SMILES string of the molecule is CCCOc1ccc(C(=O)[C@@H]2[C@@H](C(=O)c3ccccn3)N3C=Cc4ccccc4[C@@H]3[C@]23C(=O)Nc2ccccc23)cc1. The minimum atomic E-state index is -1.37. The molecule has 3 aliphatic heterocycles. The Balaban J connectivity index is 1.47. The summed E-state index contributed by atoms with van der Waals surface area (Å²) in [6.45, 7) is 2.60. The molecule has 0 saturated carbocycles. The highest BCUT2D eigenvalue weighted by molar-refractivity contribution is 6.16. The number of hydrogen-bond donors (Lipinski definition) is 1. The van der Waals surface area contributed by atoms with Crippen molar-refractivity contribution in [2.45, 2.75) is 30.8 Å². The second kappa shape index (κ2) is 10.1. The topological polar surface area (TPSA) is 88.6 Å². The maximum Gasteiger partial charge on any atom is 0.238 e. The van der Waals surface area contributed by atoms with Crippen LogP contribution in [-0.4, -0.2) is 40.0 Å². The number of nitrogens with one attached hydrogen (secondary N) is 1. The fourth-order valence-corrected chi connectivity index (χ4v) is 6.94. The van der Waals surface area contributed by atoms with Crippen molar-refractivity contribution in [2.75, 3.05) is 11.9 Å². The fraction of sp³-hybridized carbons (Fsp3) is 0.200. The number of rotatable bonds is 7. The van der Waals surface area contributed by atoms with Gasteiger partial charge in [0.1, 0.15) is 22.9 Å². The monoisotopic (exact) mass is 555 g/mol. The largest absolute Gasteiger partial charge is 0.494 e. The van der Waals surface area contributed by atoms with Gasteiger partial charge in [-0.1, -0.05) is 55.5 Å². The number of anilines is 1. The molecule has 0 aliphatic carbocycles. The maximum atomic E-state index is 14.8. The number of fused-ring (bicyclic) bond motifs is 6. The number of carbonyl (C=O) groups excluding carboxylic acids is 3. The molecule has 1 N–H and O–H groups in total. The van der Waals surface area contributed by atoms with Crippen LogP contribution in [0.1, 0.15) is 56.9 Å². The number of ether oxygens (including phenoxy) is 1. The first-order valence-corrected chi connectivity index (χ1v) is 14.2. The number of aromatic nitrogens is 1. The number of carbonyl (C=O) groups is 3. The highest BCUT2D eigenvalue weighted by Gasteiger charge is 2.70. The second-order valence-corrected chi connectivity index (χ2v) is 10.9. The van der Waals surface area contributed by atoms with E-state index >= 15 is 0 Å². The van der Waals surface area contributed by atoms with Crippen LogP contribution in [0.5, 0.6) is 5.75 Å². The minimum absolute atomic E-state index is 0.248. The van der Waals surface area contributed by atoms with E-state index in [-0.39, 0.29) is 23.2 Å². The van der Waals surface area contributed by atoms with E-state index < -0.39 is 23.4 Å². The quantitative estimate of drug-likeness (QED) is 0.288. The molecule has 7 rings (SSSR count). The van der Waals surface area contributed by atoms with Gasteiger partial charge in [-0.2, -0.15) is 0 Å². The van der Waals surface area contributed by atoms with E-state index in [9.17, 15) is 14.4 Å². The van der Waals surface area contributed by atoms with Crippen molar-refractivity contribution < 1.29 is 19.1 Å². The van der Waals surface area contributed by atoms with Gasteiger partial charge in [-0.05, 0) is 71.7 Å². The Morgan fingerprint density at radius 1 is 0.929 bits per heavy atom. The molecule has 1 fully saturated rings. The van der Waals surface area contributed by atoms with Crippen molar-refractivity contribution >= 4 is 29.2 Å². The van der Waals surface area contributed by atoms with Gasteiger partial charge in [0.25, 0.3) is 0 Å². The van der Waals surface area contributed by atoms with E-state index in [1.807, 2.05) is 72.6 Å². The van der Waals surface area contributed by atoms with E-state index in [1.165, 1.54) is 0 Å². The molecule has 1 aromatic heterocycles. The summed E-state index contributed by atoms with van der Waals surface area (Å²) < 4.78 is 5.75. The summed E-state index contributed by atoms with van der Waals surface area (Å²) in [5, 5.41) is 3.07. The van der Waals surface area contributed by atoms with Crippen molar-refractivity contribution in [1.82, 2.24) is 9.88 Å². The van der Waals surface area contributed by atoms with Gasteiger partial charge in [0.15, 0.2) is 5.78 Å². The number of ketones is 2. The molecule has 4 aromatic rings. The Labute approximate surface area is 243 Å². The van der Waals surface area contributed by atoms with E-state index in [2.05, 4.69) is 10.3 Å². The number of Topliss-reactive ketones (excluding diaryl/α,β-unsaturated/α-hetero) is 2. The average Bonchev–Trinajstić information content (AvgIpc) is 3.52. The predicted molar refractivity (Wildman–Crippen MR) is 159 cm³/mol. The normalized spacial score (nSPS) is 23.2. The van der Waals surface area contributed by atoms with Gasteiger partial charge in [-0.25, -0.2) is 0 Å². The molecule has 1 amide bonds. The van der Waals surface area contributed by atoms with Gasteiger partial charge >= 0.3 is 0 Å². The van der Waals surface area contributed by atoms with Crippen molar-refractivity contribution in [3.05, 3.63) is 131 Å². The van der Waals surface area contributed by atoms with Crippen LogP contribution >= 0.6 is 0 Å². The van der Waals surface area contributed by atoms with E-state index in [1.54, 1.807) is 48.7 Å². The molecule has 4 heterocycles. The summed E-state index contributed by atoms with van der Waals surface area (Å²) in [7, 11) is 0. The smallest absolute Gasteiger partial charge is 0.238 e. The van der Waals surface area contributed by atoms with Crippen LogP contribution in [0.2, 0.25) is 0 Å². The number of hydrogen-bond acceptors (Lipinski definition) is 6. The van der Waals surface area contributed by atoms with Gasteiger partial charge in [0.05, 0.1) is 18.6 Å². The zero-order valence-corrected chi connectivity index (χ0v) is 23.1. The molecule has 7 heteroatoms. The van der Waals surface area contributed by atoms with Crippen molar-refractivity contribution in [1.29, 1.82) is 0 Å². The summed E-state index contributed by atoms with van der Waals surface area (Å²) in [5.41, 5.74) is 2.50. The molecule has 42 heavy (non-hydrogen) atoms. The van der Waals surface area contributed by atoms with Crippen molar-refractivity contribution in [2.24, 2.45) is 5.92 Å². The molecule has 4 atom stereocenters. The van der Waals surface area contributed by atoms with E-state index in [4.69, 9.17) is 4.74 Å². The lowest BCUT2D eigenvalue weighted by molar-refractivity contribution is -0.122. The molecule has 208 valence electrons. The number of benzene rings is 3. The molecule has 1 saturated heterocycles. The van der Waals surface area contributed by atoms with Crippen LogP contribution in [0.15, 0.2) is 103 Å². The summed E-state index contributed by atoms with van der Waals surface area (Å²) in [6.07, 6.45) is 6.25. The Hall–Kier alpha value is -5.04. The first kappa shape index (κ1) is 25.9. The van der Waals surface area contributed by atoms with Gasteiger partial charge < -0.3 is 15.0 Å². The van der Waals surface area contributed by atoms with Crippen LogP contribution in [-0.2, 0) is 10.2 Å². The highest BCUT2D eigenvalue weighted by Crippen LogP contribution is 2.62. The Morgan fingerprint density at radius 3 is 2.48 bits per heavy atom. The third kappa shape index (κ3) is 3.73. The van der Waals surface area contributed by atoms with E-state index in [0.29, 0.717) is 29.2 Å². The lowest BCUT2D eigenvalue weighted by Crippen LogP contribution is -2.49. The third-order valence-electron chi connectivity index (χ3n) is 8.65. The van der Waals surface area contributed by atoms with Gasteiger partial charge in [-0.3, -0.25) is 19.4 Å². The van der Waals surface area contributed by atoms with Gasteiger partial charge in [-0.15, -0.1) is 0 Å². The predicted octanol–water partition coefficient (Wildman–Crippen LogP) is 5.85. The molecule has 7 nitrogen and oxygen atoms in total. The van der Waals surface area contributed by atoms with Gasteiger partial charge in [0.2, 0.25) is 11.7 Å². The molecule has 3 aliphatic rings. The Kier molecular flexibility index (Phi) is 6.23. The zero-order valence-electron chi connectivity index (χ0n) is 23.1. The zero-order chi connectivity index (χ0) is 28.8. The van der Waals surface area contributed by atoms with Crippen LogP contribution < -0.4 is 10.1 Å². The first-order chi connectivity index (χ1) is 20.6. The Bertz CT molecular complexity index is 1730. The summed E-state index contributed by atoms with van der Waals surface area (Å²) in [5.74, 6) is -1.26. The number of pyridine rings is 1. The van der Waals surface area contributed by atoms with Crippen molar-refractivity contribution in [3.8, 4) is 5.75 Å². The summed E-state index contributed by atoms with van der Waals surface area (Å²) >= 11 is 0.